The molecule has 0 amide bonds. The van der Waals surface area contributed by atoms with Gasteiger partial charge in [-0.2, -0.15) is 0 Å². The summed E-state index contributed by atoms with van der Waals surface area (Å²) in [4.78, 5) is 0. The molecule has 1 atom stereocenters. The SMILES string of the molecule is CNCC1(Cc2c(F)cccc2F)CCCOC1. The number of hydrogen-bond acceptors (Lipinski definition) is 2. The van der Waals surface area contributed by atoms with Crippen molar-refractivity contribution in [2.75, 3.05) is 26.8 Å². The summed E-state index contributed by atoms with van der Waals surface area (Å²) in [5.41, 5.74) is -0.0194. The van der Waals surface area contributed by atoms with Crippen LogP contribution >= 0.6 is 0 Å². The number of hydrogen-bond donors (Lipinski definition) is 1. The van der Waals surface area contributed by atoms with Gasteiger partial charge in [-0.05, 0) is 38.4 Å². The minimum Gasteiger partial charge on any atom is -0.381 e. The van der Waals surface area contributed by atoms with Crippen molar-refractivity contribution < 1.29 is 13.5 Å². The van der Waals surface area contributed by atoms with E-state index in [0.29, 0.717) is 19.6 Å². The lowest BCUT2D eigenvalue weighted by Gasteiger charge is -2.37. The Balaban J connectivity index is 2.23. The molecule has 1 heterocycles. The van der Waals surface area contributed by atoms with Crippen molar-refractivity contribution in [1.82, 2.24) is 5.32 Å². The van der Waals surface area contributed by atoms with Gasteiger partial charge in [-0.3, -0.25) is 0 Å². The first-order chi connectivity index (χ1) is 8.67. The second kappa shape index (κ2) is 5.76. The minimum atomic E-state index is -0.462. The van der Waals surface area contributed by atoms with E-state index in [-0.39, 0.29) is 11.0 Å². The number of rotatable bonds is 4. The summed E-state index contributed by atoms with van der Waals surface area (Å²) in [5, 5.41) is 3.11. The van der Waals surface area contributed by atoms with Gasteiger partial charge in [0.05, 0.1) is 6.61 Å². The maximum atomic E-state index is 13.7. The Bertz CT molecular complexity index is 377. The van der Waals surface area contributed by atoms with Crippen LogP contribution in [0.5, 0.6) is 0 Å². The highest BCUT2D eigenvalue weighted by Crippen LogP contribution is 2.33. The Morgan fingerprint density at radius 3 is 2.61 bits per heavy atom. The van der Waals surface area contributed by atoms with Crippen molar-refractivity contribution >= 4 is 0 Å². The van der Waals surface area contributed by atoms with Crippen LogP contribution in [0.4, 0.5) is 8.78 Å². The molecule has 1 aliphatic rings. The summed E-state index contributed by atoms with van der Waals surface area (Å²) in [5.74, 6) is -0.924. The number of halogens is 2. The van der Waals surface area contributed by atoms with Crippen LogP contribution in [-0.4, -0.2) is 26.8 Å². The zero-order chi connectivity index (χ0) is 13.0. The van der Waals surface area contributed by atoms with E-state index in [0.717, 1.165) is 19.4 Å². The fourth-order valence-electron chi connectivity index (χ4n) is 2.70. The molecule has 0 saturated carbocycles. The predicted molar refractivity (Wildman–Crippen MR) is 66.5 cm³/mol. The molecule has 18 heavy (non-hydrogen) atoms. The van der Waals surface area contributed by atoms with Crippen LogP contribution < -0.4 is 5.32 Å². The lowest BCUT2D eigenvalue weighted by molar-refractivity contribution is -0.00703. The van der Waals surface area contributed by atoms with E-state index in [4.69, 9.17) is 4.74 Å². The van der Waals surface area contributed by atoms with Crippen molar-refractivity contribution in [3.8, 4) is 0 Å². The quantitative estimate of drug-likeness (QED) is 0.892. The van der Waals surface area contributed by atoms with Gasteiger partial charge in [0, 0.05) is 24.1 Å². The zero-order valence-electron chi connectivity index (χ0n) is 10.6. The van der Waals surface area contributed by atoms with Gasteiger partial charge in [0.1, 0.15) is 11.6 Å². The molecule has 1 fully saturated rings. The molecule has 1 saturated heterocycles. The number of benzene rings is 1. The molecule has 0 aliphatic carbocycles. The average Bonchev–Trinajstić information content (AvgIpc) is 2.36. The molecular weight excluding hydrogens is 236 g/mol. The molecule has 1 N–H and O–H groups in total. The molecule has 100 valence electrons. The van der Waals surface area contributed by atoms with Gasteiger partial charge >= 0.3 is 0 Å². The number of ether oxygens (including phenoxy) is 1. The second-order valence-corrected chi connectivity index (χ2v) is 5.06. The van der Waals surface area contributed by atoms with Crippen molar-refractivity contribution in [2.24, 2.45) is 5.41 Å². The van der Waals surface area contributed by atoms with Gasteiger partial charge in [0.15, 0.2) is 0 Å². The normalized spacial score (nSPS) is 24.2. The van der Waals surface area contributed by atoms with E-state index in [2.05, 4.69) is 5.32 Å². The monoisotopic (exact) mass is 255 g/mol. The van der Waals surface area contributed by atoms with Crippen LogP contribution in [-0.2, 0) is 11.2 Å². The molecule has 1 aromatic carbocycles. The van der Waals surface area contributed by atoms with Gasteiger partial charge in [-0.1, -0.05) is 6.07 Å². The summed E-state index contributed by atoms with van der Waals surface area (Å²) >= 11 is 0. The molecule has 4 heteroatoms. The highest BCUT2D eigenvalue weighted by Gasteiger charge is 2.34. The van der Waals surface area contributed by atoms with E-state index < -0.39 is 11.6 Å². The van der Waals surface area contributed by atoms with Gasteiger partial charge in [0.2, 0.25) is 0 Å². The van der Waals surface area contributed by atoms with Crippen molar-refractivity contribution in [1.29, 1.82) is 0 Å². The summed E-state index contributed by atoms with van der Waals surface area (Å²) in [7, 11) is 1.86. The lowest BCUT2D eigenvalue weighted by atomic mass is 9.77. The van der Waals surface area contributed by atoms with Crippen LogP contribution in [0, 0.1) is 17.0 Å². The Kier molecular flexibility index (Phi) is 4.30. The molecule has 1 unspecified atom stereocenters. The van der Waals surface area contributed by atoms with Crippen LogP contribution in [0.15, 0.2) is 18.2 Å². The van der Waals surface area contributed by atoms with Gasteiger partial charge in [-0.15, -0.1) is 0 Å². The summed E-state index contributed by atoms with van der Waals surface area (Å²) in [6, 6.07) is 4.03. The summed E-state index contributed by atoms with van der Waals surface area (Å²) < 4.78 is 32.9. The molecule has 0 bridgehead atoms. The molecule has 2 nitrogen and oxygen atoms in total. The second-order valence-electron chi connectivity index (χ2n) is 5.06. The first-order valence-electron chi connectivity index (χ1n) is 6.32. The Morgan fingerprint density at radius 2 is 2.06 bits per heavy atom. The smallest absolute Gasteiger partial charge is 0.129 e. The van der Waals surface area contributed by atoms with Crippen molar-refractivity contribution in [2.45, 2.75) is 19.3 Å². The van der Waals surface area contributed by atoms with Gasteiger partial charge in [-0.25, -0.2) is 8.78 Å². The first-order valence-corrected chi connectivity index (χ1v) is 6.32. The molecular formula is C14H19F2NO. The highest BCUT2D eigenvalue weighted by molar-refractivity contribution is 5.21. The summed E-state index contributed by atoms with van der Waals surface area (Å²) in [6.45, 7) is 2.01. The molecule has 0 spiro atoms. The van der Waals surface area contributed by atoms with Gasteiger partial charge in [0.25, 0.3) is 0 Å². The van der Waals surface area contributed by atoms with E-state index in [1.807, 2.05) is 7.05 Å². The fraction of sp³-hybridized carbons (Fsp3) is 0.571. The highest BCUT2D eigenvalue weighted by atomic mass is 19.1. The standard InChI is InChI=1S/C14H19F2NO/c1-17-9-14(6-3-7-18-10-14)8-11-12(15)4-2-5-13(11)16/h2,4-5,17H,3,6-10H2,1H3. The lowest BCUT2D eigenvalue weighted by Crippen LogP contribution is -2.42. The van der Waals surface area contributed by atoms with E-state index >= 15 is 0 Å². The Hall–Kier alpha value is -1.00. The van der Waals surface area contributed by atoms with Gasteiger partial charge < -0.3 is 10.1 Å². The largest absolute Gasteiger partial charge is 0.381 e. The molecule has 1 aromatic rings. The van der Waals surface area contributed by atoms with Crippen LogP contribution in [0.3, 0.4) is 0 Å². The molecule has 0 aromatic heterocycles. The van der Waals surface area contributed by atoms with Crippen LogP contribution in [0.25, 0.3) is 0 Å². The Morgan fingerprint density at radius 1 is 1.33 bits per heavy atom. The molecule has 1 aliphatic heterocycles. The Labute approximate surface area is 106 Å². The molecule has 2 rings (SSSR count). The zero-order valence-corrected chi connectivity index (χ0v) is 10.6. The third kappa shape index (κ3) is 2.87. The first kappa shape index (κ1) is 13.4. The van der Waals surface area contributed by atoms with E-state index in [1.165, 1.54) is 18.2 Å². The predicted octanol–water partition coefficient (Wildman–Crippen LogP) is 2.52. The summed E-state index contributed by atoms with van der Waals surface area (Å²) in [6.07, 6.45) is 2.26. The van der Waals surface area contributed by atoms with Crippen molar-refractivity contribution in [3.63, 3.8) is 0 Å². The molecule has 0 radical (unpaired) electrons. The van der Waals surface area contributed by atoms with E-state index in [1.54, 1.807) is 0 Å². The number of nitrogens with one attached hydrogen (secondary N) is 1. The van der Waals surface area contributed by atoms with Crippen LogP contribution in [0.1, 0.15) is 18.4 Å². The van der Waals surface area contributed by atoms with Crippen LogP contribution in [0.2, 0.25) is 0 Å². The average molecular weight is 255 g/mol. The maximum absolute atomic E-state index is 13.7. The maximum Gasteiger partial charge on any atom is 0.129 e. The van der Waals surface area contributed by atoms with E-state index in [9.17, 15) is 8.78 Å². The third-order valence-corrected chi connectivity index (χ3v) is 3.57. The topological polar surface area (TPSA) is 21.3 Å². The minimum absolute atomic E-state index is 0.179. The van der Waals surface area contributed by atoms with Crippen molar-refractivity contribution in [3.05, 3.63) is 35.4 Å². The fourth-order valence-corrected chi connectivity index (χ4v) is 2.70. The third-order valence-electron chi connectivity index (χ3n) is 3.57.